The second-order valence-corrected chi connectivity index (χ2v) is 6.08. The predicted molar refractivity (Wildman–Crippen MR) is 94.0 cm³/mol. The van der Waals surface area contributed by atoms with Crippen molar-refractivity contribution < 1.29 is 9.47 Å². The molecule has 0 atom stereocenters. The summed E-state index contributed by atoms with van der Waals surface area (Å²) in [7, 11) is 3.49. The lowest BCUT2D eigenvalue weighted by Gasteiger charge is -2.18. The second-order valence-electron chi connectivity index (χ2n) is 6.08. The Morgan fingerprint density at radius 3 is 2.78 bits per heavy atom. The lowest BCUT2D eigenvalue weighted by atomic mass is 10.0. The van der Waals surface area contributed by atoms with E-state index in [-0.39, 0.29) is 0 Å². The van der Waals surface area contributed by atoms with Gasteiger partial charge in [-0.2, -0.15) is 0 Å². The Bertz CT molecular complexity index is 513. The molecule has 1 aliphatic rings. The summed E-state index contributed by atoms with van der Waals surface area (Å²) >= 11 is 0. The van der Waals surface area contributed by atoms with Crippen LogP contribution in [-0.4, -0.2) is 39.9 Å². The Morgan fingerprint density at radius 2 is 2.13 bits per heavy atom. The first-order chi connectivity index (χ1) is 11.2. The van der Waals surface area contributed by atoms with Gasteiger partial charge in [0.25, 0.3) is 0 Å². The fraction of sp³-hybridized carbons (Fsp3) is 0.611. The van der Waals surface area contributed by atoms with Gasteiger partial charge in [0.2, 0.25) is 0 Å². The predicted octanol–water partition coefficient (Wildman–Crippen LogP) is 2.57. The van der Waals surface area contributed by atoms with Gasteiger partial charge < -0.3 is 20.1 Å². The van der Waals surface area contributed by atoms with Gasteiger partial charge >= 0.3 is 0 Å². The maximum Gasteiger partial charge on any atom is 0.191 e. The summed E-state index contributed by atoms with van der Waals surface area (Å²) in [4.78, 5) is 4.30. The van der Waals surface area contributed by atoms with E-state index in [1.54, 1.807) is 14.2 Å². The molecule has 0 bridgehead atoms. The van der Waals surface area contributed by atoms with Crippen LogP contribution in [0.2, 0.25) is 0 Å². The molecule has 5 heteroatoms. The Hall–Kier alpha value is -1.75. The zero-order valence-electron chi connectivity index (χ0n) is 14.5. The minimum absolute atomic E-state index is 0.406. The van der Waals surface area contributed by atoms with Gasteiger partial charge in [-0.25, -0.2) is 0 Å². The quantitative estimate of drug-likeness (QED) is 0.417. The molecular weight excluding hydrogens is 290 g/mol. The molecule has 1 saturated carbocycles. The summed E-state index contributed by atoms with van der Waals surface area (Å²) in [6.45, 7) is 5.38. The van der Waals surface area contributed by atoms with Crippen LogP contribution in [0.5, 0.6) is 5.75 Å². The molecular formula is C18H29N3O2. The van der Waals surface area contributed by atoms with Crippen LogP contribution in [0.25, 0.3) is 0 Å². The number of aliphatic imine (C=N–C) groups is 1. The summed E-state index contributed by atoms with van der Waals surface area (Å²) in [6, 6.07) is 8.06. The molecule has 0 unspecified atom stereocenters. The third-order valence-corrected chi connectivity index (χ3v) is 4.39. The summed E-state index contributed by atoms with van der Waals surface area (Å²) in [5.41, 5.74) is 1.58. The molecule has 0 amide bonds. The molecule has 2 rings (SSSR count). The number of ether oxygens (including phenoxy) is 2. The van der Waals surface area contributed by atoms with Crippen molar-refractivity contribution in [3.05, 3.63) is 29.8 Å². The first-order valence-electron chi connectivity index (χ1n) is 8.36. The van der Waals surface area contributed by atoms with Crippen LogP contribution in [0.1, 0.15) is 31.7 Å². The highest BCUT2D eigenvalue weighted by Gasteiger charge is 2.41. The number of nitrogens with zero attached hydrogens (tertiary/aromatic N) is 1. The van der Waals surface area contributed by atoms with Crippen molar-refractivity contribution in [3.8, 4) is 5.75 Å². The highest BCUT2D eigenvalue weighted by Crippen LogP contribution is 2.48. The van der Waals surface area contributed by atoms with E-state index in [0.29, 0.717) is 5.41 Å². The van der Waals surface area contributed by atoms with Crippen LogP contribution in [0.15, 0.2) is 29.3 Å². The van der Waals surface area contributed by atoms with Crippen molar-refractivity contribution >= 4 is 5.96 Å². The van der Waals surface area contributed by atoms with Crippen LogP contribution >= 0.6 is 0 Å². The third-order valence-electron chi connectivity index (χ3n) is 4.39. The average Bonchev–Trinajstić information content (AvgIpc) is 3.35. The molecule has 1 aromatic carbocycles. The molecule has 0 spiro atoms. The number of benzene rings is 1. The van der Waals surface area contributed by atoms with Gasteiger partial charge in [0.05, 0.1) is 7.11 Å². The Labute approximate surface area is 139 Å². The van der Waals surface area contributed by atoms with Crippen LogP contribution in [0.3, 0.4) is 0 Å². The molecule has 1 aliphatic carbocycles. The maximum absolute atomic E-state index is 5.48. The second kappa shape index (κ2) is 8.77. The maximum atomic E-state index is 5.48. The highest BCUT2D eigenvalue weighted by molar-refractivity contribution is 5.79. The van der Waals surface area contributed by atoms with Gasteiger partial charge in [0.15, 0.2) is 5.96 Å². The number of methoxy groups -OCH3 is 1. The third kappa shape index (κ3) is 5.75. The monoisotopic (exact) mass is 319 g/mol. The summed E-state index contributed by atoms with van der Waals surface area (Å²) in [5, 5.41) is 6.81. The largest absolute Gasteiger partial charge is 0.497 e. The molecule has 2 N–H and O–H groups in total. The molecule has 0 aromatic heterocycles. The van der Waals surface area contributed by atoms with Crippen LogP contribution < -0.4 is 15.4 Å². The summed E-state index contributed by atoms with van der Waals surface area (Å²) in [5.74, 6) is 1.72. The Kier molecular flexibility index (Phi) is 6.71. The van der Waals surface area contributed by atoms with E-state index in [0.717, 1.165) is 44.4 Å². The topological polar surface area (TPSA) is 54.9 Å². The standard InChI is InChI=1S/C18H29N3O2/c1-4-23-11-10-18(8-9-18)14-21-17(19-2)20-13-15-6-5-7-16(12-15)22-3/h5-7,12H,4,8-11,13-14H2,1-3H3,(H2,19,20,21). The number of hydrogen-bond donors (Lipinski definition) is 2. The Balaban J connectivity index is 1.75. The molecule has 23 heavy (non-hydrogen) atoms. The van der Waals surface area contributed by atoms with Gasteiger partial charge in [-0.3, -0.25) is 4.99 Å². The highest BCUT2D eigenvalue weighted by atomic mass is 16.5. The van der Waals surface area contributed by atoms with Crippen LogP contribution in [0, 0.1) is 5.41 Å². The molecule has 1 fully saturated rings. The molecule has 128 valence electrons. The smallest absolute Gasteiger partial charge is 0.191 e. The van der Waals surface area contributed by atoms with Crippen molar-refractivity contribution in [1.82, 2.24) is 10.6 Å². The van der Waals surface area contributed by atoms with Gasteiger partial charge in [-0.05, 0) is 49.3 Å². The van der Waals surface area contributed by atoms with Crippen molar-refractivity contribution in [3.63, 3.8) is 0 Å². The molecule has 1 aromatic rings. The van der Waals surface area contributed by atoms with Gasteiger partial charge in [0, 0.05) is 33.4 Å². The summed E-state index contributed by atoms with van der Waals surface area (Å²) in [6.07, 6.45) is 3.68. The fourth-order valence-electron chi connectivity index (χ4n) is 2.58. The van der Waals surface area contributed by atoms with E-state index < -0.39 is 0 Å². The molecule has 0 heterocycles. The van der Waals surface area contributed by atoms with E-state index in [4.69, 9.17) is 9.47 Å². The zero-order chi connectivity index (χ0) is 16.5. The van der Waals surface area contributed by atoms with Gasteiger partial charge in [-0.15, -0.1) is 0 Å². The van der Waals surface area contributed by atoms with Crippen molar-refractivity contribution in [2.45, 2.75) is 32.7 Å². The lowest BCUT2D eigenvalue weighted by Crippen LogP contribution is -2.40. The molecule has 0 saturated heterocycles. The average molecular weight is 319 g/mol. The molecule has 0 aliphatic heterocycles. The van der Waals surface area contributed by atoms with E-state index in [1.165, 1.54) is 18.4 Å². The normalized spacial score (nSPS) is 16.0. The minimum Gasteiger partial charge on any atom is -0.497 e. The number of nitrogens with one attached hydrogen (secondary N) is 2. The summed E-state index contributed by atoms with van der Waals surface area (Å²) < 4.78 is 10.7. The van der Waals surface area contributed by atoms with Crippen molar-refractivity contribution in [2.75, 3.05) is 33.9 Å². The molecule has 5 nitrogen and oxygen atoms in total. The zero-order valence-corrected chi connectivity index (χ0v) is 14.5. The SMILES string of the molecule is CCOCCC1(CNC(=NC)NCc2cccc(OC)c2)CC1. The van der Waals surface area contributed by atoms with Gasteiger partial charge in [-0.1, -0.05) is 12.1 Å². The molecule has 0 radical (unpaired) electrons. The van der Waals surface area contributed by atoms with E-state index in [2.05, 4.69) is 21.7 Å². The van der Waals surface area contributed by atoms with Crippen molar-refractivity contribution in [1.29, 1.82) is 0 Å². The lowest BCUT2D eigenvalue weighted by molar-refractivity contribution is 0.128. The van der Waals surface area contributed by atoms with Crippen molar-refractivity contribution in [2.24, 2.45) is 10.4 Å². The first kappa shape index (κ1) is 17.6. The number of hydrogen-bond acceptors (Lipinski definition) is 3. The fourth-order valence-corrected chi connectivity index (χ4v) is 2.58. The van der Waals surface area contributed by atoms with Gasteiger partial charge in [0.1, 0.15) is 5.75 Å². The number of rotatable bonds is 9. The van der Waals surface area contributed by atoms with E-state index >= 15 is 0 Å². The van der Waals surface area contributed by atoms with Crippen LogP contribution in [0.4, 0.5) is 0 Å². The van der Waals surface area contributed by atoms with E-state index in [1.807, 2.05) is 25.1 Å². The minimum atomic E-state index is 0.406. The van der Waals surface area contributed by atoms with E-state index in [9.17, 15) is 0 Å². The number of guanidine groups is 1. The first-order valence-corrected chi connectivity index (χ1v) is 8.36. The van der Waals surface area contributed by atoms with Crippen LogP contribution in [-0.2, 0) is 11.3 Å². The Morgan fingerprint density at radius 1 is 1.30 bits per heavy atom.